The van der Waals surface area contributed by atoms with E-state index in [9.17, 15) is 9.59 Å². The number of nitrogens with one attached hydrogen (secondary N) is 1. The molecule has 1 heterocycles. The van der Waals surface area contributed by atoms with Gasteiger partial charge in [0.25, 0.3) is 5.56 Å². The summed E-state index contributed by atoms with van der Waals surface area (Å²) >= 11 is 4.62. The minimum atomic E-state index is -0.465. The van der Waals surface area contributed by atoms with E-state index in [1.54, 1.807) is 47.9 Å². The second-order valence-electron chi connectivity index (χ2n) is 6.04. The van der Waals surface area contributed by atoms with Crippen LogP contribution in [-0.4, -0.2) is 20.7 Å². The number of rotatable bonds is 5. The number of carbonyl (C=O) groups is 1. The summed E-state index contributed by atoms with van der Waals surface area (Å²) < 4.78 is 2.39. The number of hydrogen-bond donors (Lipinski definition) is 1. The molecule has 1 unspecified atom stereocenters. The maximum atomic E-state index is 12.8. The van der Waals surface area contributed by atoms with E-state index in [1.807, 2.05) is 19.1 Å². The van der Waals surface area contributed by atoms with E-state index >= 15 is 0 Å². The number of hydrogen-bond acceptors (Lipinski definition) is 5. The van der Waals surface area contributed by atoms with Crippen LogP contribution in [0.5, 0.6) is 0 Å². The number of fused-ring (bicyclic) bond motifs is 1. The molecular formula is C20H17BrN4O2S. The number of halogens is 1. The number of aromatic nitrogens is 2. The van der Waals surface area contributed by atoms with E-state index in [4.69, 9.17) is 5.26 Å². The lowest BCUT2D eigenvalue weighted by Gasteiger charge is -2.15. The molecule has 0 saturated heterocycles. The number of amides is 1. The zero-order valence-corrected chi connectivity index (χ0v) is 17.7. The molecule has 0 fully saturated rings. The molecule has 8 heteroatoms. The van der Waals surface area contributed by atoms with Crippen LogP contribution in [0.15, 0.2) is 56.9 Å². The molecule has 3 rings (SSSR count). The number of nitrogens with zero attached hydrogens (tertiary/aromatic N) is 3. The molecule has 142 valence electrons. The summed E-state index contributed by atoms with van der Waals surface area (Å²) in [6.45, 7) is 4.10. The third-order valence-electron chi connectivity index (χ3n) is 4.13. The fraction of sp³-hybridized carbons (Fsp3) is 0.200. The minimum Gasteiger partial charge on any atom is -0.325 e. The van der Waals surface area contributed by atoms with E-state index in [1.165, 1.54) is 11.8 Å². The molecule has 0 spiro atoms. The second kappa shape index (κ2) is 8.59. The van der Waals surface area contributed by atoms with Gasteiger partial charge in [-0.25, -0.2) is 4.98 Å². The van der Waals surface area contributed by atoms with Crippen molar-refractivity contribution in [3.8, 4) is 6.07 Å². The Kier molecular flexibility index (Phi) is 6.17. The van der Waals surface area contributed by atoms with Crippen molar-refractivity contribution in [3.63, 3.8) is 0 Å². The Morgan fingerprint density at radius 1 is 1.32 bits per heavy atom. The summed E-state index contributed by atoms with van der Waals surface area (Å²) in [7, 11) is 0. The van der Waals surface area contributed by atoms with Gasteiger partial charge in [-0.15, -0.1) is 0 Å². The largest absolute Gasteiger partial charge is 0.325 e. The molecule has 0 radical (unpaired) electrons. The first-order chi connectivity index (χ1) is 13.4. The van der Waals surface area contributed by atoms with Crippen molar-refractivity contribution in [3.05, 3.63) is 62.9 Å². The molecule has 3 aromatic rings. The summed E-state index contributed by atoms with van der Waals surface area (Å²) in [6.07, 6.45) is 0. The molecule has 0 bridgehead atoms. The number of thioether (sulfide) groups is 1. The molecular weight excluding hydrogens is 440 g/mol. The lowest BCUT2D eigenvalue weighted by Crippen LogP contribution is -2.26. The topological polar surface area (TPSA) is 87.8 Å². The molecule has 28 heavy (non-hydrogen) atoms. The average Bonchev–Trinajstić information content (AvgIpc) is 2.69. The Labute approximate surface area is 174 Å². The smallest absolute Gasteiger partial charge is 0.262 e. The van der Waals surface area contributed by atoms with Gasteiger partial charge in [-0.1, -0.05) is 27.7 Å². The highest BCUT2D eigenvalue weighted by Crippen LogP contribution is 2.24. The first kappa shape index (κ1) is 20.1. The standard InChI is InChI=1S/C20H17BrN4O2S/c1-3-25-19(27)16-10-14(21)6-9-17(16)24-20(25)28-12(2)18(26)23-15-7-4-13(11-22)5-8-15/h4-10,12H,3H2,1-2H3,(H,23,26). The molecule has 0 aliphatic heterocycles. The molecule has 0 saturated carbocycles. The van der Waals surface area contributed by atoms with Crippen LogP contribution in [0, 0.1) is 11.3 Å². The van der Waals surface area contributed by atoms with Crippen LogP contribution in [0.3, 0.4) is 0 Å². The highest BCUT2D eigenvalue weighted by molar-refractivity contribution is 9.10. The lowest BCUT2D eigenvalue weighted by molar-refractivity contribution is -0.115. The van der Waals surface area contributed by atoms with Gasteiger partial charge in [-0.2, -0.15) is 5.26 Å². The van der Waals surface area contributed by atoms with Gasteiger partial charge >= 0.3 is 0 Å². The van der Waals surface area contributed by atoms with E-state index in [-0.39, 0.29) is 11.5 Å². The van der Waals surface area contributed by atoms with Crippen LogP contribution in [0.25, 0.3) is 10.9 Å². The Bertz CT molecular complexity index is 1140. The average molecular weight is 457 g/mol. The number of anilines is 1. The molecule has 1 aromatic heterocycles. The number of nitriles is 1. The summed E-state index contributed by atoms with van der Waals surface area (Å²) in [5.41, 5.74) is 1.61. The quantitative estimate of drug-likeness (QED) is 0.459. The zero-order valence-electron chi connectivity index (χ0n) is 15.3. The monoisotopic (exact) mass is 456 g/mol. The Morgan fingerprint density at radius 2 is 2.04 bits per heavy atom. The molecule has 1 amide bonds. The molecule has 1 N–H and O–H groups in total. The van der Waals surface area contributed by atoms with Gasteiger partial charge in [0.1, 0.15) is 0 Å². The van der Waals surface area contributed by atoms with Crippen molar-refractivity contribution in [2.24, 2.45) is 0 Å². The highest BCUT2D eigenvalue weighted by Gasteiger charge is 2.19. The van der Waals surface area contributed by atoms with Gasteiger partial charge in [0.15, 0.2) is 5.16 Å². The summed E-state index contributed by atoms with van der Waals surface area (Å²) in [5, 5.41) is 12.2. The van der Waals surface area contributed by atoms with E-state index in [0.29, 0.717) is 33.9 Å². The Balaban J connectivity index is 1.84. The van der Waals surface area contributed by atoms with Crippen LogP contribution < -0.4 is 10.9 Å². The van der Waals surface area contributed by atoms with Crippen molar-refractivity contribution in [2.45, 2.75) is 30.8 Å². The SMILES string of the molecule is CCn1c(SC(C)C(=O)Nc2ccc(C#N)cc2)nc2ccc(Br)cc2c1=O. The van der Waals surface area contributed by atoms with E-state index in [2.05, 4.69) is 26.2 Å². The summed E-state index contributed by atoms with van der Waals surface area (Å²) in [6, 6.07) is 14.1. The van der Waals surface area contributed by atoms with E-state index in [0.717, 1.165) is 4.47 Å². The van der Waals surface area contributed by atoms with Gasteiger partial charge in [0, 0.05) is 16.7 Å². The molecule has 1 atom stereocenters. The minimum absolute atomic E-state index is 0.129. The van der Waals surface area contributed by atoms with Crippen LogP contribution >= 0.6 is 27.7 Å². The number of carbonyl (C=O) groups excluding carboxylic acids is 1. The van der Waals surface area contributed by atoms with Crippen molar-refractivity contribution in [1.82, 2.24) is 9.55 Å². The van der Waals surface area contributed by atoms with Gasteiger partial charge in [-0.05, 0) is 56.3 Å². The third kappa shape index (κ3) is 4.26. The molecule has 6 nitrogen and oxygen atoms in total. The summed E-state index contributed by atoms with van der Waals surface area (Å²) in [4.78, 5) is 29.9. The van der Waals surface area contributed by atoms with Crippen LogP contribution in [0.1, 0.15) is 19.4 Å². The van der Waals surface area contributed by atoms with Crippen LogP contribution in [-0.2, 0) is 11.3 Å². The van der Waals surface area contributed by atoms with E-state index < -0.39 is 5.25 Å². The van der Waals surface area contributed by atoms with Gasteiger partial charge < -0.3 is 5.32 Å². The highest BCUT2D eigenvalue weighted by atomic mass is 79.9. The van der Waals surface area contributed by atoms with Gasteiger partial charge in [0.05, 0.1) is 27.8 Å². The first-order valence-electron chi connectivity index (χ1n) is 8.60. The number of benzene rings is 2. The summed E-state index contributed by atoms with van der Waals surface area (Å²) in [5.74, 6) is -0.206. The molecule has 2 aromatic carbocycles. The third-order valence-corrected chi connectivity index (χ3v) is 5.71. The maximum absolute atomic E-state index is 12.8. The van der Waals surface area contributed by atoms with Crippen molar-refractivity contribution < 1.29 is 4.79 Å². The second-order valence-corrected chi connectivity index (χ2v) is 8.27. The zero-order chi connectivity index (χ0) is 20.3. The van der Waals surface area contributed by atoms with Crippen molar-refractivity contribution in [2.75, 3.05) is 5.32 Å². The predicted octanol–water partition coefficient (Wildman–Crippen LogP) is 4.17. The van der Waals surface area contributed by atoms with Crippen molar-refractivity contribution >= 4 is 50.2 Å². The Morgan fingerprint density at radius 3 is 2.68 bits per heavy atom. The molecule has 0 aliphatic carbocycles. The maximum Gasteiger partial charge on any atom is 0.262 e. The lowest BCUT2D eigenvalue weighted by atomic mass is 10.2. The fourth-order valence-corrected chi connectivity index (χ4v) is 3.96. The predicted molar refractivity (Wildman–Crippen MR) is 114 cm³/mol. The van der Waals surface area contributed by atoms with Gasteiger partial charge in [0.2, 0.25) is 5.91 Å². The van der Waals surface area contributed by atoms with Crippen molar-refractivity contribution in [1.29, 1.82) is 5.26 Å². The fourth-order valence-electron chi connectivity index (χ4n) is 2.63. The van der Waals surface area contributed by atoms with Crippen LogP contribution in [0.4, 0.5) is 5.69 Å². The first-order valence-corrected chi connectivity index (χ1v) is 10.3. The Hall–Kier alpha value is -2.63. The molecule has 0 aliphatic rings. The van der Waals surface area contributed by atoms with Gasteiger partial charge in [-0.3, -0.25) is 14.2 Å². The van der Waals surface area contributed by atoms with Crippen LogP contribution in [0.2, 0.25) is 0 Å². The normalized spacial score (nSPS) is 11.8.